The van der Waals surface area contributed by atoms with Crippen molar-refractivity contribution < 1.29 is 4.92 Å². The number of unbranched alkanes of at least 4 members (excludes halogenated alkanes) is 3. The first-order chi connectivity index (χ1) is 6.06. The summed E-state index contributed by atoms with van der Waals surface area (Å²) in [6.07, 6.45) is 6.35. The van der Waals surface area contributed by atoms with Crippen molar-refractivity contribution in [1.29, 1.82) is 0 Å². The van der Waals surface area contributed by atoms with Gasteiger partial charge in [0.15, 0.2) is 0 Å². The van der Waals surface area contributed by atoms with Gasteiger partial charge in [-0.15, -0.1) is 0 Å². The van der Waals surface area contributed by atoms with Crippen LogP contribution in [0.5, 0.6) is 0 Å². The maximum Gasteiger partial charge on any atom is 0.237 e. The molecular weight excluding hydrogens is 166 g/mol. The summed E-state index contributed by atoms with van der Waals surface area (Å²) in [5, 5.41) is 10.7. The minimum atomic E-state index is -0.923. The predicted octanol–water partition coefficient (Wildman–Crippen LogP) is 3.18. The van der Waals surface area contributed by atoms with Crippen LogP contribution in [-0.2, 0) is 0 Å². The summed E-state index contributed by atoms with van der Waals surface area (Å²) in [4.78, 5) is 10.4. The second-order valence-electron chi connectivity index (χ2n) is 3.63. The zero-order chi connectivity index (χ0) is 10.3. The predicted molar refractivity (Wildman–Crippen MR) is 54.4 cm³/mol. The van der Waals surface area contributed by atoms with E-state index in [0.717, 1.165) is 25.7 Å². The number of hydrogen-bond donors (Lipinski definition) is 0. The van der Waals surface area contributed by atoms with Gasteiger partial charge in [-0.3, -0.25) is 10.1 Å². The molecule has 0 N–H and O–H groups in total. The van der Waals surface area contributed by atoms with Gasteiger partial charge in [0, 0.05) is 18.3 Å². The van der Waals surface area contributed by atoms with Gasteiger partial charge in [-0.1, -0.05) is 32.8 Å². The fourth-order valence-corrected chi connectivity index (χ4v) is 1.18. The number of rotatable bonds is 7. The minimum absolute atomic E-state index is 0.244. The molecule has 0 aliphatic heterocycles. The molecule has 3 heteroatoms. The van der Waals surface area contributed by atoms with Crippen molar-refractivity contribution in [3.63, 3.8) is 0 Å². The van der Waals surface area contributed by atoms with Gasteiger partial charge in [0.1, 0.15) is 0 Å². The van der Waals surface area contributed by atoms with E-state index in [-0.39, 0.29) is 4.92 Å². The topological polar surface area (TPSA) is 43.1 Å². The Hall–Kier alpha value is -0.860. The molecule has 0 fully saturated rings. The van der Waals surface area contributed by atoms with Crippen LogP contribution in [0.25, 0.3) is 0 Å². The quantitative estimate of drug-likeness (QED) is 0.264. The molecule has 0 saturated carbocycles. The Morgan fingerprint density at radius 2 is 2.08 bits per heavy atom. The van der Waals surface area contributed by atoms with Crippen molar-refractivity contribution in [2.24, 2.45) is 0 Å². The van der Waals surface area contributed by atoms with Crippen LogP contribution >= 0.6 is 0 Å². The summed E-state index contributed by atoms with van der Waals surface area (Å²) >= 11 is 0. The van der Waals surface area contributed by atoms with Crippen molar-refractivity contribution in [3.05, 3.63) is 22.8 Å². The molecule has 3 nitrogen and oxygen atoms in total. The van der Waals surface area contributed by atoms with E-state index >= 15 is 0 Å². The Kier molecular flexibility index (Phi) is 5.35. The Labute approximate surface area is 80.0 Å². The molecular formula is C10H19NO2. The first kappa shape index (κ1) is 12.1. The number of nitrogens with zero attached hydrogens (tertiary/aromatic N) is 1. The van der Waals surface area contributed by atoms with E-state index in [1.807, 2.05) is 0 Å². The van der Waals surface area contributed by atoms with Crippen LogP contribution in [0.1, 0.15) is 46.0 Å². The zero-order valence-electron chi connectivity index (χ0n) is 8.58. The highest BCUT2D eigenvalue weighted by Crippen LogP contribution is 2.19. The van der Waals surface area contributed by atoms with Gasteiger partial charge >= 0.3 is 0 Å². The van der Waals surface area contributed by atoms with Gasteiger partial charge in [0.05, 0.1) is 0 Å². The van der Waals surface area contributed by atoms with Gasteiger partial charge in [-0.05, 0) is 12.5 Å². The summed E-state index contributed by atoms with van der Waals surface area (Å²) in [7, 11) is 0. The summed E-state index contributed by atoms with van der Waals surface area (Å²) in [5.74, 6) is 0. The number of hydrogen-bond acceptors (Lipinski definition) is 2. The molecule has 0 aliphatic rings. The maximum atomic E-state index is 10.7. The lowest BCUT2D eigenvalue weighted by Crippen LogP contribution is -2.31. The maximum absolute atomic E-state index is 10.7. The van der Waals surface area contributed by atoms with Crippen molar-refractivity contribution in [2.75, 3.05) is 0 Å². The molecule has 0 amide bonds. The molecule has 0 aromatic carbocycles. The molecule has 0 saturated heterocycles. The molecule has 0 aromatic heterocycles. The van der Waals surface area contributed by atoms with E-state index in [4.69, 9.17) is 0 Å². The lowest BCUT2D eigenvalue weighted by atomic mass is 9.95. The van der Waals surface area contributed by atoms with Crippen LogP contribution in [0.3, 0.4) is 0 Å². The van der Waals surface area contributed by atoms with Gasteiger partial charge < -0.3 is 0 Å². The minimum Gasteiger partial charge on any atom is -0.264 e. The van der Waals surface area contributed by atoms with Crippen LogP contribution in [-0.4, -0.2) is 10.5 Å². The molecule has 0 rings (SSSR count). The average molecular weight is 185 g/mol. The smallest absolute Gasteiger partial charge is 0.237 e. The van der Waals surface area contributed by atoms with E-state index in [1.54, 1.807) is 6.92 Å². The highest BCUT2D eigenvalue weighted by atomic mass is 16.6. The SMILES string of the molecule is C=CC(C)(CCCCCC)[N+](=O)[O-]. The second kappa shape index (κ2) is 5.73. The zero-order valence-corrected chi connectivity index (χ0v) is 8.58. The Bertz CT molecular complexity index is 180. The molecule has 0 bridgehead atoms. The molecule has 0 spiro atoms. The van der Waals surface area contributed by atoms with Crippen LogP contribution < -0.4 is 0 Å². The fraction of sp³-hybridized carbons (Fsp3) is 0.800. The third-order valence-corrected chi connectivity index (χ3v) is 2.39. The normalized spacial score (nSPS) is 14.9. The van der Waals surface area contributed by atoms with Crippen molar-refractivity contribution >= 4 is 0 Å². The van der Waals surface area contributed by atoms with Crippen molar-refractivity contribution in [3.8, 4) is 0 Å². The summed E-state index contributed by atoms with van der Waals surface area (Å²) in [6.45, 7) is 7.27. The van der Waals surface area contributed by atoms with Gasteiger partial charge in [0.2, 0.25) is 5.54 Å². The lowest BCUT2D eigenvalue weighted by molar-refractivity contribution is -0.551. The van der Waals surface area contributed by atoms with E-state index in [0.29, 0.717) is 6.42 Å². The fourth-order valence-electron chi connectivity index (χ4n) is 1.18. The van der Waals surface area contributed by atoms with Gasteiger partial charge in [0.25, 0.3) is 0 Å². The van der Waals surface area contributed by atoms with Gasteiger partial charge in [-0.25, -0.2) is 0 Å². The first-order valence-electron chi connectivity index (χ1n) is 4.85. The molecule has 0 radical (unpaired) electrons. The Morgan fingerprint density at radius 1 is 1.46 bits per heavy atom. The first-order valence-corrected chi connectivity index (χ1v) is 4.85. The largest absolute Gasteiger partial charge is 0.264 e. The molecule has 76 valence electrons. The Morgan fingerprint density at radius 3 is 2.46 bits per heavy atom. The van der Waals surface area contributed by atoms with Gasteiger partial charge in [-0.2, -0.15) is 0 Å². The summed E-state index contributed by atoms with van der Waals surface area (Å²) < 4.78 is 0. The highest BCUT2D eigenvalue weighted by Gasteiger charge is 2.31. The molecule has 1 atom stereocenters. The third-order valence-electron chi connectivity index (χ3n) is 2.39. The standard InChI is InChI=1S/C10H19NO2/c1-4-6-7-8-9-10(3,5-2)11(12)13/h5H,2,4,6-9H2,1,3H3. The van der Waals surface area contributed by atoms with Crippen molar-refractivity contribution in [2.45, 2.75) is 51.5 Å². The lowest BCUT2D eigenvalue weighted by Gasteiger charge is -2.15. The molecule has 0 aromatic rings. The van der Waals surface area contributed by atoms with Crippen LogP contribution in [0, 0.1) is 10.1 Å². The summed E-state index contributed by atoms with van der Waals surface area (Å²) in [5.41, 5.74) is -0.923. The number of nitro groups is 1. The Balaban J connectivity index is 3.85. The monoisotopic (exact) mass is 185 g/mol. The van der Waals surface area contributed by atoms with E-state index in [9.17, 15) is 10.1 Å². The van der Waals surface area contributed by atoms with Crippen molar-refractivity contribution in [1.82, 2.24) is 0 Å². The van der Waals surface area contributed by atoms with E-state index in [1.165, 1.54) is 6.08 Å². The van der Waals surface area contributed by atoms with Crippen LogP contribution in [0.15, 0.2) is 12.7 Å². The van der Waals surface area contributed by atoms with E-state index < -0.39 is 5.54 Å². The molecule has 13 heavy (non-hydrogen) atoms. The van der Waals surface area contributed by atoms with Crippen LogP contribution in [0.2, 0.25) is 0 Å². The third kappa shape index (κ3) is 4.06. The average Bonchev–Trinajstić information content (AvgIpc) is 2.12. The molecule has 0 heterocycles. The highest BCUT2D eigenvalue weighted by molar-refractivity contribution is 4.92. The molecule has 1 unspecified atom stereocenters. The van der Waals surface area contributed by atoms with E-state index in [2.05, 4.69) is 13.5 Å². The summed E-state index contributed by atoms with van der Waals surface area (Å²) in [6, 6.07) is 0. The van der Waals surface area contributed by atoms with Crippen LogP contribution in [0.4, 0.5) is 0 Å². The molecule has 0 aliphatic carbocycles. The second-order valence-corrected chi connectivity index (χ2v) is 3.63.